The van der Waals surface area contributed by atoms with Crippen molar-refractivity contribution < 1.29 is 4.79 Å². The SMILES string of the molecule is O=C(Nc1cccc(-c2ccccc2)n1)C1CCCN1. The quantitative estimate of drug-likeness (QED) is 0.898. The average molecular weight is 267 g/mol. The summed E-state index contributed by atoms with van der Waals surface area (Å²) in [6, 6.07) is 15.5. The lowest BCUT2D eigenvalue weighted by atomic mass is 10.1. The first-order chi connectivity index (χ1) is 9.83. The number of anilines is 1. The number of hydrogen-bond acceptors (Lipinski definition) is 3. The van der Waals surface area contributed by atoms with Crippen molar-refractivity contribution in [3.63, 3.8) is 0 Å². The van der Waals surface area contributed by atoms with E-state index in [-0.39, 0.29) is 11.9 Å². The molecule has 0 aliphatic carbocycles. The van der Waals surface area contributed by atoms with Gasteiger partial charge in [-0.3, -0.25) is 4.79 Å². The molecule has 1 atom stereocenters. The first-order valence-corrected chi connectivity index (χ1v) is 6.90. The van der Waals surface area contributed by atoms with Crippen LogP contribution in [-0.2, 0) is 4.79 Å². The highest BCUT2D eigenvalue weighted by Gasteiger charge is 2.22. The lowest BCUT2D eigenvalue weighted by molar-refractivity contribution is -0.117. The zero-order valence-corrected chi connectivity index (χ0v) is 11.2. The monoisotopic (exact) mass is 267 g/mol. The summed E-state index contributed by atoms with van der Waals surface area (Å²) in [7, 11) is 0. The van der Waals surface area contributed by atoms with E-state index in [9.17, 15) is 4.79 Å². The van der Waals surface area contributed by atoms with Crippen molar-refractivity contribution in [3.8, 4) is 11.3 Å². The second kappa shape index (κ2) is 5.84. The molecular formula is C16H17N3O. The van der Waals surface area contributed by atoms with Crippen LogP contribution in [-0.4, -0.2) is 23.5 Å². The average Bonchev–Trinajstić information content (AvgIpc) is 3.03. The minimum absolute atomic E-state index is 0.000196. The molecule has 1 aliphatic heterocycles. The maximum absolute atomic E-state index is 12.0. The molecule has 1 saturated heterocycles. The van der Waals surface area contributed by atoms with E-state index in [0.717, 1.165) is 30.6 Å². The fourth-order valence-corrected chi connectivity index (χ4v) is 2.40. The molecule has 1 aliphatic rings. The Labute approximate surface area is 118 Å². The number of pyridine rings is 1. The third kappa shape index (κ3) is 2.86. The van der Waals surface area contributed by atoms with Gasteiger partial charge in [0.05, 0.1) is 11.7 Å². The number of carbonyl (C=O) groups excluding carboxylic acids is 1. The number of hydrogen-bond donors (Lipinski definition) is 2. The van der Waals surface area contributed by atoms with Crippen LogP contribution in [0, 0.1) is 0 Å². The van der Waals surface area contributed by atoms with Crippen molar-refractivity contribution in [1.29, 1.82) is 0 Å². The highest BCUT2D eigenvalue weighted by Crippen LogP contribution is 2.18. The van der Waals surface area contributed by atoms with Crippen molar-refractivity contribution in [2.24, 2.45) is 0 Å². The van der Waals surface area contributed by atoms with Gasteiger partial charge in [0.2, 0.25) is 5.91 Å². The fraction of sp³-hybridized carbons (Fsp3) is 0.250. The Bertz CT molecular complexity index is 592. The number of benzene rings is 1. The van der Waals surface area contributed by atoms with Gasteiger partial charge in [-0.2, -0.15) is 0 Å². The number of carbonyl (C=O) groups is 1. The summed E-state index contributed by atoms with van der Waals surface area (Å²) in [6.45, 7) is 0.912. The Morgan fingerprint density at radius 2 is 2.00 bits per heavy atom. The molecule has 3 rings (SSSR count). The fourth-order valence-electron chi connectivity index (χ4n) is 2.40. The van der Waals surface area contributed by atoms with Crippen LogP contribution in [0.4, 0.5) is 5.82 Å². The van der Waals surface area contributed by atoms with E-state index in [1.807, 2.05) is 48.5 Å². The molecule has 2 N–H and O–H groups in total. The smallest absolute Gasteiger partial charge is 0.242 e. The Balaban J connectivity index is 1.76. The summed E-state index contributed by atoms with van der Waals surface area (Å²) >= 11 is 0. The molecule has 2 heterocycles. The largest absolute Gasteiger partial charge is 0.309 e. The highest BCUT2D eigenvalue weighted by molar-refractivity contribution is 5.94. The topological polar surface area (TPSA) is 54.0 Å². The molecular weight excluding hydrogens is 250 g/mol. The van der Waals surface area contributed by atoms with E-state index in [1.165, 1.54) is 0 Å². The predicted molar refractivity (Wildman–Crippen MR) is 79.3 cm³/mol. The van der Waals surface area contributed by atoms with Crippen LogP contribution in [0.3, 0.4) is 0 Å². The molecule has 0 saturated carbocycles. The van der Waals surface area contributed by atoms with E-state index in [2.05, 4.69) is 15.6 Å². The Kier molecular flexibility index (Phi) is 3.74. The second-order valence-corrected chi connectivity index (χ2v) is 4.91. The molecule has 1 aromatic carbocycles. The van der Waals surface area contributed by atoms with E-state index < -0.39 is 0 Å². The van der Waals surface area contributed by atoms with Crippen molar-refractivity contribution in [1.82, 2.24) is 10.3 Å². The Morgan fingerprint density at radius 1 is 1.15 bits per heavy atom. The van der Waals surface area contributed by atoms with Gasteiger partial charge in [-0.15, -0.1) is 0 Å². The molecule has 2 aromatic rings. The van der Waals surface area contributed by atoms with E-state index in [4.69, 9.17) is 0 Å². The van der Waals surface area contributed by atoms with Crippen LogP contribution in [0.1, 0.15) is 12.8 Å². The third-order valence-corrected chi connectivity index (χ3v) is 3.45. The number of nitrogens with zero attached hydrogens (tertiary/aromatic N) is 1. The highest BCUT2D eigenvalue weighted by atomic mass is 16.2. The number of aromatic nitrogens is 1. The molecule has 4 heteroatoms. The van der Waals surface area contributed by atoms with Crippen molar-refractivity contribution in [2.45, 2.75) is 18.9 Å². The van der Waals surface area contributed by atoms with Gasteiger partial charge in [-0.1, -0.05) is 36.4 Å². The van der Waals surface area contributed by atoms with Gasteiger partial charge in [0, 0.05) is 5.56 Å². The maximum atomic E-state index is 12.0. The molecule has 0 spiro atoms. The molecule has 1 unspecified atom stereocenters. The van der Waals surface area contributed by atoms with E-state index in [1.54, 1.807) is 0 Å². The predicted octanol–water partition coefficient (Wildman–Crippen LogP) is 2.44. The van der Waals surface area contributed by atoms with Crippen molar-refractivity contribution in [2.75, 3.05) is 11.9 Å². The van der Waals surface area contributed by atoms with Gasteiger partial charge < -0.3 is 10.6 Å². The standard InChI is InChI=1S/C16H17N3O/c20-16(14-9-5-11-17-14)19-15-10-4-8-13(18-15)12-6-2-1-3-7-12/h1-4,6-8,10,14,17H,5,9,11H2,(H,18,19,20). The lowest BCUT2D eigenvalue weighted by Gasteiger charge is -2.11. The number of rotatable bonds is 3. The number of amides is 1. The minimum atomic E-state index is -0.0859. The molecule has 1 amide bonds. The molecule has 4 nitrogen and oxygen atoms in total. The van der Waals surface area contributed by atoms with Gasteiger partial charge >= 0.3 is 0 Å². The van der Waals surface area contributed by atoms with Crippen molar-refractivity contribution in [3.05, 3.63) is 48.5 Å². The Hall–Kier alpha value is -2.20. The zero-order valence-electron chi connectivity index (χ0n) is 11.2. The summed E-state index contributed by atoms with van der Waals surface area (Å²) in [5.41, 5.74) is 1.91. The summed E-state index contributed by atoms with van der Waals surface area (Å²) < 4.78 is 0. The van der Waals surface area contributed by atoms with Crippen LogP contribution < -0.4 is 10.6 Å². The van der Waals surface area contributed by atoms with Gasteiger partial charge in [0.25, 0.3) is 0 Å². The molecule has 0 radical (unpaired) electrons. The zero-order chi connectivity index (χ0) is 13.8. The molecule has 0 bridgehead atoms. The molecule has 20 heavy (non-hydrogen) atoms. The van der Waals surface area contributed by atoms with Gasteiger partial charge in [0.15, 0.2) is 0 Å². The summed E-state index contributed by atoms with van der Waals surface area (Å²) in [5, 5.41) is 6.06. The summed E-state index contributed by atoms with van der Waals surface area (Å²) in [6.07, 6.45) is 1.94. The first kappa shape index (κ1) is 12.8. The second-order valence-electron chi connectivity index (χ2n) is 4.91. The molecule has 102 valence electrons. The van der Waals surface area contributed by atoms with E-state index >= 15 is 0 Å². The lowest BCUT2D eigenvalue weighted by Crippen LogP contribution is -2.35. The molecule has 1 aromatic heterocycles. The first-order valence-electron chi connectivity index (χ1n) is 6.90. The summed E-state index contributed by atoms with van der Waals surface area (Å²) in [4.78, 5) is 16.5. The van der Waals surface area contributed by atoms with E-state index in [0.29, 0.717) is 5.82 Å². The van der Waals surface area contributed by atoms with Gasteiger partial charge in [-0.25, -0.2) is 4.98 Å². The normalized spacial score (nSPS) is 17.9. The minimum Gasteiger partial charge on any atom is -0.309 e. The van der Waals surface area contributed by atoms with Crippen molar-refractivity contribution >= 4 is 11.7 Å². The van der Waals surface area contributed by atoms with Crippen LogP contribution in [0.5, 0.6) is 0 Å². The third-order valence-electron chi connectivity index (χ3n) is 3.45. The number of nitrogens with one attached hydrogen (secondary N) is 2. The maximum Gasteiger partial charge on any atom is 0.242 e. The Morgan fingerprint density at radius 3 is 2.75 bits per heavy atom. The van der Waals surface area contributed by atoms with Crippen LogP contribution >= 0.6 is 0 Å². The van der Waals surface area contributed by atoms with Gasteiger partial charge in [-0.05, 0) is 31.5 Å². The van der Waals surface area contributed by atoms with Gasteiger partial charge in [0.1, 0.15) is 5.82 Å². The summed E-state index contributed by atoms with van der Waals surface area (Å²) in [5.74, 6) is 0.602. The van der Waals surface area contributed by atoms with Crippen LogP contribution in [0.15, 0.2) is 48.5 Å². The van der Waals surface area contributed by atoms with Crippen LogP contribution in [0.2, 0.25) is 0 Å². The van der Waals surface area contributed by atoms with Crippen LogP contribution in [0.25, 0.3) is 11.3 Å². The molecule has 1 fully saturated rings.